The minimum absolute atomic E-state index is 0.0909. The van der Waals surface area contributed by atoms with E-state index in [2.05, 4.69) is 0 Å². The minimum atomic E-state index is -1.48. The van der Waals surface area contributed by atoms with Crippen molar-refractivity contribution in [2.75, 3.05) is 25.1 Å². The van der Waals surface area contributed by atoms with Gasteiger partial charge in [0.05, 0.1) is 41.4 Å². The van der Waals surface area contributed by atoms with Crippen molar-refractivity contribution in [2.24, 2.45) is 17.8 Å². The van der Waals surface area contributed by atoms with Gasteiger partial charge < -0.3 is 29.3 Å². The SMILES string of the molecule is CC(C)C[C@H](CO)N1C(=O)[C@H]2[C@@H]3C(=O)O[C@H](c4ccccc4)[C@@H](C)N(C)C(=O)CC/C=C\CN(c4ccccc4Cl)C(=O)[C@H]1[C@@]21C=C[C@@H]3O1. The first-order valence-electron chi connectivity index (χ1n) is 17.0. The quantitative estimate of drug-likeness (QED) is 0.345. The molecule has 6 rings (SSSR count). The molecule has 10 nitrogen and oxygen atoms in total. The third-order valence-corrected chi connectivity index (χ3v) is 10.7. The highest BCUT2D eigenvalue weighted by molar-refractivity contribution is 6.34. The maximum Gasteiger partial charge on any atom is 0.313 e. The number of likely N-dealkylation sites (N-methyl/N-ethyl adjacent to an activating group) is 1. The minimum Gasteiger partial charge on any atom is -0.455 e. The number of ether oxygens (including phenoxy) is 2. The lowest BCUT2D eigenvalue weighted by molar-refractivity contribution is -0.164. The second-order valence-electron chi connectivity index (χ2n) is 13.8. The summed E-state index contributed by atoms with van der Waals surface area (Å²) < 4.78 is 12.9. The predicted molar refractivity (Wildman–Crippen MR) is 184 cm³/mol. The van der Waals surface area contributed by atoms with Crippen molar-refractivity contribution >= 4 is 41.0 Å². The maximum absolute atomic E-state index is 15.1. The number of halogens is 1. The Morgan fingerprint density at radius 1 is 1.00 bits per heavy atom. The lowest BCUT2D eigenvalue weighted by atomic mass is 9.74. The number of amides is 3. The number of esters is 1. The number of fused-ring (bicyclic) bond motifs is 2. The van der Waals surface area contributed by atoms with Crippen LogP contribution in [0, 0.1) is 17.8 Å². The fourth-order valence-corrected chi connectivity index (χ4v) is 8.14. The molecular formula is C38H44ClN3O7. The molecule has 0 saturated carbocycles. The standard InChI is InChI=1S/C38H44ClN3O7/c1-23(2)21-26(22-43)42-34-36(46)41(28-16-11-10-15-27(28)39)20-12-6-9-17-30(44)40(4)24(3)33(25-13-7-5-8-14-25)48-37(47)31-29-18-19-38(34,49-29)32(31)35(42)45/h5-8,10-16,18-19,23-24,26,29,31-34,43H,9,17,20-22H2,1-4H3/b12-6-/t24-,26-,29+,31-,32-,33+,34+,38-/m1/s1. The third kappa shape index (κ3) is 6.19. The first kappa shape index (κ1) is 34.9. The number of para-hydroxylation sites is 1. The number of carbonyl (C=O) groups is 4. The number of aliphatic hydroxyl groups is 1. The Kier molecular flexibility index (Phi) is 10.0. The van der Waals surface area contributed by atoms with Crippen LogP contribution in [-0.4, -0.2) is 88.6 Å². The summed E-state index contributed by atoms with van der Waals surface area (Å²) in [5, 5.41) is 11.0. The normalized spacial score (nSPS) is 31.8. The number of likely N-dealkylation sites (tertiary alicyclic amines) is 1. The number of benzene rings is 2. The van der Waals surface area contributed by atoms with Gasteiger partial charge in [-0.2, -0.15) is 0 Å². The van der Waals surface area contributed by atoms with Gasteiger partial charge in [-0.25, -0.2) is 0 Å². The summed E-state index contributed by atoms with van der Waals surface area (Å²) in [6, 6.07) is 13.7. The van der Waals surface area contributed by atoms with Gasteiger partial charge in [0.25, 0.3) is 5.91 Å². The second-order valence-corrected chi connectivity index (χ2v) is 14.2. The molecule has 0 aromatic heterocycles. The van der Waals surface area contributed by atoms with Crippen LogP contribution >= 0.6 is 11.6 Å². The molecule has 260 valence electrons. The van der Waals surface area contributed by atoms with E-state index < -0.39 is 65.6 Å². The lowest BCUT2D eigenvalue weighted by Crippen LogP contribution is -2.59. The van der Waals surface area contributed by atoms with Gasteiger partial charge in [-0.15, -0.1) is 0 Å². The van der Waals surface area contributed by atoms with E-state index in [0.29, 0.717) is 29.1 Å². The molecule has 0 aliphatic carbocycles. The molecule has 1 spiro atoms. The fourth-order valence-electron chi connectivity index (χ4n) is 7.90. The summed E-state index contributed by atoms with van der Waals surface area (Å²) in [5.74, 6) is -3.72. The molecule has 4 aliphatic rings. The van der Waals surface area contributed by atoms with Gasteiger partial charge in [-0.05, 0) is 43.4 Å². The average molecular weight is 690 g/mol. The van der Waals surface area contributed by atoms with Gasteiger partial charge in [-0.1, -0.05) is 92.2 Å². The van der Waals surface area contributed by atoms with E-state index in [1.807, 2.05) is 63.3 Å². The highest BCUT2D eigenvalue weighted by Crippen LogP contribution is 2.56. The van der Waals surface area contributed by atoms with Crippen LogP contribution in [0.4, 0.5) is 5.69 Å². The summed E-state index contributed by atoms with van der Waals surface area (Å²) in [5.41, 5.74) is -0.337. The Balaban J connectivity index is 1.50. The fraction of sp³-hybridized carbons (Fsp3) is 0.474. The van der Waals surface area contributed by atoms with Crippen molar-refractivity contribution < 1.29 is 33.8 Å². The Bertz CT molecular complexity index is 1650. The zero-order valence-electron chi connectivity index (χ0n) is 28.3. The molecule has 4 heterocycles. The van der Waals surface area contributed by atoms with Gasteiger partial charge in [0.15, 0.2) is 0 Å². The molecule has 5 bridgehead atoms. The molecule has 1 N–H and O–H groups in total. The number of hydrogen-bond acceptors (Lipinski definition) is 7. The highest BCUT2D eigenvalue weighted by Gasteiger charge is 2.74. The molecule has 8 atom stereocenters. The van der Waals surface area contributed by atoms with Crippen LogP contribution in [0.3, 0.4) is 0 Å². The van der Waals surface area contributed by atoms with E-state index in [0.717, 1.165) is 0 Å². The summed E-state index contributed by atoms with van der Waals surface area (Å²) in [6.45, 7) is 5.53. The van der Waals surface area contributed by atoms with Crippen molar-refractivity contribution in [3.63, 3.8) is 0 Å². The number of nitrogens with zero attached hydrogens (tertiary/aromatic N) is 3. The number of aliphatic hydroxyl groups excluding tert-OH is 1. The molecular weight excluding hydrogens is 646 g/mol. The van der Waals surface area contributed by atoms with E-state index >= 15 is 4.79 Å². The van der Waals surface area contributed by atoms with Crippen LogP contribution < -0.4 is 4.90 Å². The number of carbonyl (C=O) groups excluding carboxylic acids is 4. The van der Waals surface area contributed by atoms with E-state index in [4.69, 9.17) is 21.1 Å². The van der Waals surface area contributed by atoms with Gasteiger partial charge in [0, 0.05) is 20.0 Å². The molecule has 2 saturated heterocycles. The smallest absolute Gasteiger partial charge is 0.313 e. The van der Waals surface area contributed by atoms with Crippen LogP contribution in [0.1, 0.15) is 51.7 Å². The topological polar surface area (TPSA) is 117 Å². The number of rotatable bonds is 6. The molecule has 49 heavy (non-hydrogen) atoms. The van der Waals surface area contributed by atoms with Crippen molar-refractivity contribution in [2.45, 2.75) is 76.0 Å². The van der Waals surface area contributed by atoms with Gasteiger partial charge in [-0.3, -0.25) is 19.2 Å². The van der Waals surface area contributed by atoms with Gasteiger partial charge in [0.1, 0.15) is 23.7 Å². The molecule has 3 amide bonds. The molecule has 2 aromatic rings. The third-order valence-electron chi connectivity index (χ3n) is 10.4. The van der Waals surface area contributed by atoms with Crippen LogP contribution in [-0.2, 0) is 28.7 Å². The Labute approximate surface area is 292 Å². The molecule has 11 heteroatoms. The van der Waals surface area contributed by atoms with Crippen LogP contribution in [0.2, 0.25) is 5.02 Å². The molecule has 0 radical (unpaired) electrons. The van der Waals surface area contributed by atoms with Crippen molar-refractivity contribution in [3.05, 3.63) is 89.5 Å². The average Bonchev–Trinajstić information content (AvgIpc) is 3.74. The van der Waals surface area contributed by atoms with E-state index in [1.165, 1.54) is 9.80 Å². The Morgan fingerprint density at radius 2 is 1.71 bits per heavy atom. The number of anilines is 1. The summed E-state index contributed by atoms with van der Waals surface area (Å²) in [6.07, 6.45) is 6.55. The summed E-state index contributed by atoms with van der Waals surface area (Å²) in [4.78, 5) is 62.1. The highest BCUT2D eigenvalue weighted by atomic mass is 35.5. The van der Waals surface area contributed by atoms with Crippen LogP contribution in [0.15, 0.2) is 78.9 Å². The number of hydrogen-bond donors (Lipinski definition) is 1. The Morgan fingerprint density at radius 3 is 2.41 bits per heavy atom. The zero-order valence-corrected chi connectivity index (χ0v) is 29.0. The monoisotopic (exact) mass is 689 g/mol. The zero-order chi connectivity index (χ0) is 35.0. The maximum atomic E-state index is 15.1. The summed E-state index contributed by atoms with van der Waals surface area (Å²) >= 11 is 6.67. The van der Waals surface area contributed by atoms with Crippen LogP contribution in [0.5, 0.6) is 0 Å². The molecule has 2 aromatic carbocycles. The second kappa shape index (κ2) is 14.1. The van der Waals surface area contributed by atoms with E-state index in [9.17, 15) is 19.5 Å². The first-order chi connectivity index (χ1) is 23.5. The molecule has 2 fully saturated rings. The van der Waals surface area contributed by atoms with Crippen molar-refractivity contribution in [1.29, 1.82) is 0 Å². The largest absolute Gasteiger partial charge is 0.455 e. The number of cyclic esters (lactones) is 1. The number of allylic oxidation sites excluding steroid dienone is 1. The van der Waals surface area contributed by atoms with E-state index in [1.54, 1.807) is 48.4 Å². The predicted octanol–water partition coefficient (Wildman–Crippen LogP) is 4.71. The van der Waals surface area contributed by atoms with Crippen molar-refractivity contribution in [3.8, 4) is 0 Å². The van der Waals surface area contributed by atoms with E-state index in [-0.39, 0.29) is 31.4 Å². The first-order valence-corrected chi connectivity index (χ1v) is 17.4. The Hall–Kier alpha value is -3.99. The van der Waals surface area contributed by atoms with Gasteiger partial charge >= 0.3 is 5.97 Å². The molecule has 4 aliphatic heterocycles. The summed E-state index contributed by atoms with van der Waals surface area (Å²) in [7, 11) is 1.69. The lowest BCUT2D eigenvalue weighted by Gasteiger charge is -2.39. The van der Waals surface area contributed by atoms with Crippen molar-refractivity contribution in [1.82, 2.24) is 9.80 Å². The molecule has 0 unspecified atom stereocenters. The van der Waals surface area contributed by atoms with Gasteiger partial charge in [0.2, 0.25) is 11.8 Å². The van der Waals surface area contributed by atoms with Crippen LogP contribution in [0.25, 0.3) is 0 Å².